The number of hydrogen-bond acceptors (Lipinski definition) is 3. The highest BCUT2D eigenvalue weighted by molar-refractivity contribution is 5.32. The first-order chi connectivity index (χ1) is 8.31. The summed E-state index contributed by atoms with van der Waals surface area (Å²) < 4.78 is 5.32. The average Bonchev–Trinajstić information content (AvgIpc) is 3.19. The first-order valence-electron chi connectivity index (χ1n) is 6.34. The topological polar surface area (TPSA) is 24.5 Å². The summed E-state index contributed by atoms with van der Waals surface area (Å²) in [6, 6.07) is 9.02. The molecule has 1 N–H and O–H groups in total. The fourth-order valence-electron chi connectivity index (χ4n) is 2.03. The van der Waals surface area contributed by atoms with E-state index in [1.54, 1.807) is 7.11 Å². The Bertz CT molecular complexity index is 350. The van der Waals surface area contributed by atoms with Crippen LogP contribution in [0.4, 0.5) is 0 Å². The van der Waals surface area contributed by atoms with Gasteiger partial charge in [0.25, 0.3) is 0 Å². The molecule has 0 saturated heterocycles. The maximum absolute atomic E-state index is 5.32. The molecule has 1 saturated carbocycles. The zero-order valence-electron chi connectivity index (χ0n) is 10.8. The third kappa shape index (κ3) is 3.72. The van der Waals surface area contributed by atoms with E-state index in [1.165, 1.54) is 18.4 Å². The predicted octanol–water partition coefficient (Wildman–Crippen LogP) is 1.88. The van der Waals surface area contributed by atoms with Crippen molar-refractivity contribution in [3.05, 3.63) is 29.8 Å². The van der Waals surface area contributed by atoms with Crippen molar-refractivity contribution in [1.82, 2.24) is 10.2 Å². The van der Waals surface area contributed by atoms with Crippen LogP contribution < -0.4 is 10.1 Å². The number of hydrogen-bond donors (Lipinski definition) is 1. The minimum atomic E-state index is 0.850. The molecular weight excluding hydrogens is 212 g/mol. The van der Waals surface area contributed by atoms with E-state index >= 15 is 0 Å². The van der Waals surface area contributed by atoms with Crippen molar-refractivity contribution < 1.29 is 4.74 Å². The van der Waals surface area contributed by atoms with Gasteiger partial charge in [-0.3, -0.25) is 0 Å². The predicted molar refractivity (Wildman–Crippen MR) is 70.4 cm³/mol. The standard InChI is InChI=1S/C14H22N2O/c1-16(13-7-8-13)10-9-15-11-12-5-3-4-6-14(12)17-2/h3-6,13,15H,7-11H2,1-2H3. The van der Waals surface area contributed by atoms with Crippen LogP contribution in [0.2, 0.25) is 0 Å². The molecule has 0 atom stereocenters. The summed E-state index contributed by atoms with van der Waals surface area (Å²) in [5.74, 6) is 0.968. The van der Waals surface area contributed by atoms with Crippen molar-refractivity contribution in [2.24, 2.45) is 0 Å². The zero-order valence-corrected chi connectivity index (χ0v) is 10.8. The van der Waals surface area contributed by atoms with Gasteiger partial charge in [0.05, 0.1) is 7.11 Å². The second kappa shape index (κ2) is 6.03. The van der Waals surface area contributed by atoms with E-state index in [4.69, 9.17) is 4.74 Å². The van der Waals surface area contributed by atoms with Crippen molar-refractivity contribution in [1.29, 1.82) is 0 Å². The fourth-order valence-corrected chi connectivity index (χ4v) is 2.03. The summed E-state index contributed by atoms with van der Waals surface area (Å²) in [6.07, 6.45) is 2.76. The van der Waals surface area contributed by atoms with Gasteiger partial charge < -0.3 is 15.0 Å². The van der Waals surface area contributed by atoms with Crippen molar-refractivity contribution in [3.63, 3.8) is 0 Å². The number of benzene rings is 1. The molecule has 2 rings (SSSR count). The highest BCUT2D eigenvalue weighted by Gasteiger charge is 2.25. The molecule has 0 unspecified atom stereocenters. The molecule has 0 aromatic heterocycles. The summed E-state index contributed by atoms with van der Waals surface area (Å²) in [4.78, 5) is 2.44. The van der Waals surface area contributed by atoms with Crippen LogP contribution in [-0.2, 0) is 6.54 Å². The number of ether oxygens (including phenoxy) is 1. The smallest absolute Gasteiger partial charge is 0.123 e. The van der Waals surface area contributed by atoms with Crippen LogP contribution in [-0.4, -0.2) is 38.2 Å². The summed E-state index contributed by atoms with van der Waals surface area (Å²) in [6.45, 7) is 3.04. The molecule has 0 aliphatic heterocycles. The average molecular weight is 234 g/mol. The van der Waals surface area contributed by atoms with Gasteiger partial charge in [0.1, 0.15) is 5.75 Å². The molecule has 1 aromatic rings. The summed E-state index contributed by atoms with van der Waals surface area (Å²) >= 11 is 0. The van der Waals surface area contributed by atoms with E-state index in [0.717, 1.165) is 31.4 Å². The highest BCUT2D eigenvalue weighted by atomic mass is 16.5. The van der Waals surface area contributed by atoms with Gasteiger partial charge >= 0.3 is 0 Å². The first-order valence-corrected chi connectivity index (χ1v) is 6.34. The molecule has 3 nitrogen and oxygen atoms in total. The van der Waals surface area contributed by atoms with Gasteiger partial charge in [-0.05, 0) is 26.0 Å². The van der Waals surface area contributed by atoms with E-state index in [2.05, 4.69) is 29.4 Å². The van der Waals surface area contributed by atoms with Gasteiger partial charge in [-0.1, -0.05) is 18.2 Å². The van der Waals surface area contributed by atoms with Crippen molar-refractivity contribution in [3.8, 4) is 5.75 Å². The molecule has 0 radical (unpaired) electrons. The van der Waals surface area contributed by atoms with Gasteiger partial charge in [0.2, 0.25) is 0 Å². The maximum atomic E-state index is 5.32. The molecular formula is C14H22N2O. The molecule has 17 heavy (non-hydrogen) atoms. The molecule has 94 valence electrons. The van der Waals surface area contributed by atoms with E-state index in [1.807, 2.05) is 12.1 Å². The number of likely N-dealkylation sites (N-methyl/N-ethyl adjacent to an activating group) is 1. The lowest BCUT2D eigenvalue weighted by atomic mass is 10.2. The molecule has 0 amide bonds. The lowest BCUT2D eigenvalue weighted by molar-refractivity contribution is 0.321. The Morgan fingerprint density at radius 1 is 1.35 bits per heavy atom. The summed E-state index contributed by atoms with van der Waals surface area (Å²) in [7, 11) is 3.93. The van der Waals surface area contributed by atoms with Crippen LogP contribution in [0.15, 0.2) is 24.3 Å². The quantitative estimate of drug-likeness (QED) is 0.729. The van der Waals surface area contributed by atoms with Crippen molar-refractivity contribution in [2.75, 3.05) is 27.2 Å². The lowest BCUT2D eigenvalue weighted by Crippen LogP contribution is -2.30. The molecule has 1 fully saturated rings. The number of rotatable bonds is 7. The summed E-state index contributed by atoms with van der Waals surface area (Å²) in [5, 5.41) is 3.47. The second-order valence-electron chi connectivity index (χ2n) is 4.70. The molecule has 0 bridgehead atoms. The number of para-hydroxylation sites is 1. The van der Waals surface area contributed by atoms with E-state index in [0.29, 0.717) is 0 Å². The SMILES string of the molecule is COc1ccccc1CNCCN(C)C1CC1. The van der Waals surface area contributed by atoms with Crippen molar-refractivity contribution in [2.45, 2.75) is 25.4 Å². The Kier molecular flexibility index (Phi) is 4.40. The number of nitrogens with zero attached hydrogens (tertiary/aromatic N) is 1. The normalized spacial score (nSPS) is 15.2. The van der Waals surface area contributed by atoms with E-state index in [9.17, 15) is 0 Å². The van der Waals surface area contributed by atoms with Crippen LogP contribution in [0.25, 0.3) is 0 Å². The third-order valence-electron chi connectivity index (χ3n) is 3.32. The first kappa shape index (κ1) is 12.4. The third-order valence-corrected chi connectivity index (χ3v) is 3.32. The Morgan fingerprint density at radius 3 is 2.82 bits per heavy atom. The Balaban J connectivity index is 1.70. The second-order valence-corrected chi connectivity index (χ2v) is 4.70. The molecule has 3 heteroatoms. The Hall–Kier alpha value is -1.06. The van der Waals surface area contributed by atoms with Crippen LogP contribution in [0.3, 0.4) is 0 Å². The Morgan fingerprint density at radius 2 is 2.12 bits per heavy atom. The minimum Gasteiger partial charge on any atom is -0.496 e. The Labute approximate surface area is 104 Å². The van der Waals surface area contributed by atoms with Crippen LogP contribution in [0.1, 0.15) is 18.4 Å². The summed E-state index contributed by atoms with van der Waals surface area (Å²) in [5.41, 5.74) is 1.23. The molecule has 1 aliphatic carbocycles. The van der Waals surface area contributed by atoms with Crippen LogP contribution >= 0.6 is 0 Å². The van der Waals surface area contributed by atoms with Crippen molar-refractivity contribution >= 4 is 0 Å². The van der Waals surface area contributed by atoms with Gasteiger partial charge in [-0.2, -0.15) is 0 Å². The van der Waals surface area contributed by atoms with Crippen LogP contribution in [0.5, 0.6) is 5.75 Å². The van der Waals surface area contributed by atoms with E-state index in [-0.39, 0.29) is 0 Å². The minimum absolute atomic E-state index is 0.850. The highest BCUT2D eigenvalue weighted by Crippen LogP contribution is 2.24. The monoisotopic (exact) mass is 234 g/mol. The van der Waals surface area contributed by atoms with Gasteiger partial charge in [0.15, 0.2) is 0 Å². The lowest BCUT2D eigenvalue weighted by Gasteiger charge is -2.16. The largest absolute Gasteiger partial charge is 0.496 e. The molecule has 1 aliphatic rings. The molecule has 1 aromatic carbocycles. The molecule has 0 heterocycles. The van der Waals surface area contributed by atoms with Gasteiger partial charge in [0, 0.05) is 31.2 Å². The number of nitrogens with one attached hydrogen (secondary N) is 1. The van der Waals surface area contributed by atoms with Gasteiger partial charge in [-0.25, -0.2) is 0 Å². The fraction of sp³-hybridized carbons (Fsp3) is 0.571. The van der Waals surface area contributed by atoms with E-state index < -0.39 is 0 Å². The van der Waals surface area contributed by atoms with Gasteiger partial charge in [-0.15, -0.1) is 0 Å². The zero-order chi connectivity index (χ0) is 12.1. The van der Waals surface area contributed by atoms with Crippen LogP contribution in [0, 0.1) is 0 Å². The maximum Gasteiger partial charge on any atom is 0.123 e. The number of methoxy groups -OCH3 is 1. The molecule has 0 spiro atoms.